The first-order valence-corrected chi connectivity index (χ1v) is 15.9. The number of fused-ring (bicyclic) bond motifs is 9. The third kappa shape index (κ3) is 4.07. The number of hydrogen-bond acceptors (Lipinski definition) is 3. The molecule has 0 N–H and O–H groups in total. The highest BCUT2D eigenvalue weighted by atomic mass is 16.3. The molecular weight excluding hydrogens is 572 g/mol. The van der Waals surface area contributed by atoms with Crippen LogP contribution in [0.25, 0.3) is 98.9 Å². The summed E-state index contributed by atoms with van der Waals surface area (Å²) in [6.45, 7) is 0. The summed E-state index contributed by atoms with van der Waals surface area (Å²) in [5, 5.41) is 9.27. The Morgan fingerprint density at radius 3 is 1.70 bits per heavy atom. The van der Waals surface area contributed by atoms with Crippen LogP contribution in [0.15, 0.2) is 162 Å². The van der Waals surface area contributed by atoms with Crippen molar-refractivity contribution in [1.29, 1.82) is 0 Å². The molecule has 0 saturated heterocycles. The molecule has 0 aliphatic carbocycles. The molecule has 3 heteroatoms. The van der Waals surface area contributed by atoms with Gasteiger partial charge in [0.1, 0.15) is 11.2 Å². The van der Waals surface area contributed by atoms with Gasteiger partial charge in [0.15, 0.2) is 0 Å². The van der Waals surface area contributed by atoms with Gasteiger partial charge in [-0.1, -0.05) is 121 Å². The zero-order valence-electron chi connectivity index (χ0n) is 25.3. The van der Waals surface area contributed by atoms with Gasteiger partial charge < -0.3 is 4.42 Å². The first-order chi connectivity index (χ1) is 23.3. The van der Waals surface area contributed by atoms with Gasteiger partial charge in [-0.2, -0.15) is 0 Å². The maximum absolute atomic E-state index is 6.11. The highest BCUT2D eigenvalue weighted by molar-refractivity contribution is 6.14. The van der Waals surface area contributed by atoms with Crippen molar-refractivity contribution in [2.45, 2.75) is 0 Å². The predicted molar refractivity (Wildman–Crippen MR) is 196 cm³/mol. The van der Waals surface area contributed by atoms with Crippen LogP contribution in [0.5, 0.6) is 0 Å². The van der Waals surface area contributed by atoms with E-state index in [-0.39, 0.29) is 0 Å². The molecule has 47 heavy (non-hydrogen) atoms. The summed E-state index contributed by atoms with van der Waals surface area (Å²) in [6.07, 6.45) is 0. The van der Waals surface area contributed by atoms with Crippen LogP contribution in [-0.4, -0.2) is 9.97 Å². The van der Waals surface area contributed by atoms with Crippen molar-refractivity contribution in [3.8, 4) is 33.6 Å². The second-order valence-electron chi connectivity index (χ2n) is 12.1. The molecule has 0 bridgehead atoms. The Morgan fingerprint density at radius 1 is 0.340 bits per heavy atom. The van der Waals surface area contributed by atoms with Crippen molar-refractivity contribution in [3.63, 3.8) is 0 Å². The molecule has 0 amide bonds. The number of para-hydroxylation sites is 1. The van der Waals surface area contributed by atoms with Gasteiger partial charge in [-0.15, -0.1) is 0 Å². The average Bonchev–Trinajstić information content (AvgIpc) is 3.52. The summed E-state index contributed by atoms with van der Waals surface area (Å²) in [5.74, 6) is 0. The van der Waals surface area contributed by atoms with Crippen molar-refractivity contribution in [1.82, 2.24) is 9.97 Å². The first kappa shape index (κ1) is 26.0. The minimum atomic E-state index is 0.892. The number of pyridine rings is 2. The van der Waals surface area contributed by atoms with E-state index in [0.717, 1.165) is 77.4 Å². The second kappa shape index (κ2) is 10.1. The fourth-order valence-corrected chi connectivity index (χ4v) is 7.19. The van der Waals surface area contributed by atoms with Crippen LogP contribution in [0, 0.1) is 0 Å². The Bertz CT molecular complexity index is 2860. The minimum Gasteiger partial charge on any atom is -0.456 e. The maximum atomic E-state index is 6.11. The second-order valence-corrected chi connectivity index (χ2v) is 12.1. The maximum Gasteiger partial charge on any atom is 0.135 e. The SMILES string of the molecule is c1ccc(-c2ccc3ccc4ccc(-c5cc6ccccc6c6ccccc56)nc4c3n2)c(-c2ccc3oc4ccccc4c3c2)c1. The van der Waals surface area contributed by atoms with Gasteiger partial charge in [0.05, 0.1) is 22.4 Å². The molecule has 3 aromatic heterocycles. The molecule has 10 rings (SSSR count). The van der Waals surface area contributed by atoms with E-state index in [4.69, 9.17) is 14.4 Å². The van der Waals surface area contributed by atoms with E-state index in [9.17, 15) is 0 Å². The monoisotopic (exact) mass is 598 g/mol. The Balaban J connectivity index is 1.16. The van der Waals surface area contributed by atoms with Crippen LogP contribution >= 0.6 is 0 Å². The van der Waals surface area contributed by atoms with Crippen molar-refractivity contribution in [2.75, 3.05) is 0 Å². The number of benzene rings is 7. The van der Waals surface area contributed by atoms with E-state index in [2.05, 4.69) is 146 Å². The normalized spacial score (nSPS) is 11.8. The van der Waals surface area contributed by atoms with Gasteiger partial charge in [0.2, 0.25) is 0 Å². The van der Waals surface area contributed by atoms with E-state index in [1.165, 1.54) is 21.5 Å². The largest absolute Gasteiger partial charge is 0.456 e. The molecule has 0 spiro atoms. The molecule has 0 saturated carbocycles. The highest BCUT2D eigenvalue weighted by Crippen LogP contribution is 2.38. The smallest absolute Gasteiger partial charge is 0.135 e. The van der Waals surface area contributed by atoms with Gasteiger partial charge in [0.25, 0.3) is 0 Å². The molecular formula is C44H26N2O. The van der Waals surface area contributed by atoms with E-state index in [0.29, 0.717) is 0 Å². The summed E-state index contributed by atoms with van der Waals surface area (Å²) < 4.78 is 6.11. The first-order valence-electron chi connectivity index (χ1n) is 15.9. The minimum absolute atomic E-state index is 0.892. The van der Waals surface area contributed by atoms with Crippen molar-refractivity contribution in [3.05, 3.63) is 158 Å². The molecule has 7 aromatic carbocycles. The third-order valence-corrected chi connectivity index (χ3v) is 9.45. The van der Waals surface area contributed by atoms with Gasteiger partial charge in [0, 0.05) is 32.7 Å². The van der Waals surface area contributed by atoms with Gasteiger partial charge in [-0.05, 0) is 69.1 Å². The zero-order valence-corrected chi connectivity index (χ0v) is 25.3. The molecule has 0 atom stereocenters. The van der Waals surface area contributed by atoms with Gasteiger partial charge in [-0.3, -0.25) is 0 Å². The quantitative estimate of drug-likeness (QED) is 0.190. The lowest BCUT2D eigenvalue weighted by atomic mass is 9.95. The lowest BCUT2D eigenvalue weighted by molar-refractivity contribution is 0.669. The van der Waals surface area contributed by atoms with Crippen LogP contribution in [0.1, 0.15) is 0 Å². The summed E-state index contributed by atoms with van der Waals surface area (Å²) in [4.78, 5) is 10.7. The summed E-state index contributed by atoms with van der Waals surface area (Å²) >= 11 is 0. The Kier molecular flexibility index (Phi) is 5.57. The highest BCUT2D eigenvalue weighted by Gasteiger charge is 2.15. The number of hydrogen-bond donors (Lipinski definition) is 0. The number of aromatic nitrogens is 2. The molecule has 0 fully saturated rings. The van der Waals surface area contributed by atoms with Crippen LogP contribution in [0.2, 0.25) is 0 Å². The topological polar surface area (TPSA) is 38.9 Å². The summed E-state index contributed by atoms with van der Waals surface area (Å²) in [6, 6.07) is 55.5. The van der Waals surface area contributed by atoms with Gasteiger partial charge in [-0.25, -0.2) is 9.97 Å². The fourth-order valence-electron chi connectivity index (χ4n) is 7.19. The zero-order chi connectivity index (χ0) is 30.9. The van der Waals surface area contributed by atoms with Crippen LogP contribution < -0.4 is 0 Å². The molecule has 3 nitrogen and oxygen atoms in total. The fraction of sp³-hybridized carbons (Fsp3) is 0. The number of furan rings is 1. The van der Waals surface area contributed by atoms with E-state index >= 15 is 0 Å². The molecule has 0 radical (unpaired) electrons. The Hall–Kier alpha value is -6.32. The van der Waals surface area contributed by atoms with Crippen molar-refractivity contribution in [2.24, 2.45) is 0 Å². The molecule has 0 aliphatic rings. The standard InChI is InChI=1S/C44H26N2O/c1-2-10-31-29(9-1)25-37(34-13-5-4-12-33(31)34)40-23-20-28-18-17-27-19-22-39(45-43(27)44(28)46-40)35-14-6-3-11-32(35)30-21-24-42-38(26-30)36-15-7-8-16-41(36)47-42/h1-26H. The molecule has 3 heterocycles. The molecule has 10 aromatic rings. The third-order valence-electron chi connectivity index (χ3n) is 9.45. The number of nitrogens with zero attached hydrogens (tertiary/aromatic N) is 2. The molecule has 0 aliphatic heterocycles. The summed E-state index contributed by atoms with van der Waals surface area (Å²) in [7, 11) is 0. The predicted octanol–water partition coefficient (Wildman–Crippen LogP) is 12.0. The van der Waals surface area contributed by atoms with E-state index in [1.54, 1.807) is 0 Å². The average molecular weight is 599 g/mol. The van der Waals surface area contributed by atoms with Crippen LogP contribution in [-0.2, 0) is 0 Å². The lowest BCUT2D eigenvalue weighted by Crippen LogP contribution is -1.93. The molecule has 0 unspecified atom stereocenters. The lowest BCUT2D eigenvalue weighted by Gasteiger charge is -2.13. The number of rotatable bonds is 3. The van der Waals surface area contributed by atoms with Crippen LogP contribution in [0.3, 0.4) is 0 Å². The van der Waals surface area contributed by atoms with Crippen molar-refractivity contribution >= 4 is 65.3 Å². The Morgan fingerprint density at radius 2 is 0.915 bits per heavy atom. The summed E-state index contributed by atoms with van der Waals surface area (Å²) in [5.41, 5.74) is 9.92. The van der Waals surface area contributed by atoms with E-state index < -0.39 is 0 Å². The van der Waals surface area contributed by atoms with Crippen LogP contribution in [0.4, 0.5) is 0 Å². The van der Waals surface area contributed by atoms with E-state index in [1.807, 2.05) is 12.1 Å². The van der Waals surface area contributed by atoms with Gasteiger partial charge >= 0.3 is 0 Å². The molecule has 218 valence electrons. The van der Waals surface area contributed by atoms with Crippen molar-refractivity contribution < 1.29 is 4.42 Å². The Labute approximate surface area is 270 Å².